The highest BCUT2D eigenvalue weighted by Gasteiger charge is 2.14. The van der Waals surface area contributed by atoms with Crippen molar-refractivity contribution in [1.29, 1.82) is 0 Å². The Bertz CT molecular complexity index is 566. The van der Waals surface area contributed by atoms with Gasteiger partial charge in [-0.3, -0.25) is 0 Å². The zero-order valence-electron chi connectivity index (χ0n) is 11.1. The molecule has 100 valence electrons. The Kier molecular flexibility index (Phi) is 4.46. The fourth-order valence-electron chi connectivity index (χ4n) is 2.09. The van der Waals surface area contributed by atoms with Gasteiger partial charge in [-0.25, -0.2) is 0 Å². The van der Waals surface area contributed by atoms with E-state index >= 15 is 0 Å². The molecule has 0 radical (unpaired) electrons. The molecule has 2 aromatic rings. The van der Waals surface area contributed by atoms with Gasteiger partial charge in [-0.2, -0.15) is 0 Å². The number of methoxy groups -OCH3 is 1. The number of halogens is 1. The van der Waals surface area contributed by atoms with Crippen molar-refractivity contribution < 1.29 is 9.84 Å². The summed E-state index contributed by atoms with van der Waals surface area (Å²) in [5, 5.41) is 10.9. The number of ether oxygens (including phenoxy) is 1. The van der Waals surface area contributed by atoms with Gasteiger partial charge in [0, 0.05) is 11.4 Å². The molecular weight excluding hydrogens is 260 g/mol. The van der Waals surface area contributed by atoms with Crippen LogP contribution in [-0.4, -0.2) is 12.2 Å². The normalized spacial score (nSPS) is 12.2. The second-order valence-electron chi connectivity index (χ2n) is 4.56. The molecule has 0 heterocycles. The highest BCUT2D eigenvalue weighted by atomic mass is 35.5. The van der Waals surface area contributed by atoms with Crippen LogP contribution in [0.5, 0.6) is 5.75 Å². The minimum Gasteiger partial charge on any atom is -0.496 e. The van der Waals surface area contributed by atoms with Crippen LogP contribution in [0, 0.1) is 6.92 Å². The molecule has 0 saturated carbocycles. The summed E-state index contributed by atoms with van der Waals surface area (Å²) < 4.78 is 5.29. The van der Waals surface area contributed by atoms with E-state index in [1.165, 1.54) is 0 Å². The number of benzene rings is 2. The molecule has 0 bridgehead atoms. The zero-order chi connectivity index (χ0) is 13.8. The van der Waals surface area contributed by atoms with E-state index in [2.05, 4.69) is 0 Å². The molecule has 1 unspecified atom stereocenters. The summed E-state index contributed by atoms with van der Waals surface area (Å²) >= 11 is 6.17. The number of aryl methyl sites for hydroxylation is 1. The fourth-order valence-corrected chi connectivity index (χ4v) is 2.45. The molecule has 0 amide bonds. The molecule has 0 aliphatic rings. The highest BCUT2D eigenvalue weighted by molar-refractivity contribution is 6.31. The van der Waals surface area contributed by atoms with Gasteiger partial charge in [-0.1, -0.05) is 41.9 Å². The lowest BCUT2D eigenvalue weighted by atomic mass is 10.00. The van der Waals surface area contributed by atoms with Crippen LogP contribution in [0.25, 0.3) is 0 Å². The predicted molar refractivity (Wildman–Crippen MR) is 77.8 cm³/mol. The molecule has 0 saturated heterocycles. The van der Waals surface area contributed by atoms with Crippen LogP contribution in [0.4, 0.5) is 0 Å². The Morgan fingerprint density at radius 3 is 2.63 bits per heavy atom. The van der Waals surface area contributed by atoms with Crippen molar-refractivity contribution in [1.82, 2.24) is 0 Å². The lowest BCUT2D eigenvalue weighted by Crippen LogP contribution is -2.04. The van der Waals surface area contributed by atoms with Crippen molar-refractivity contribution >= 4 is 11.6 Å². The third-order valence-corrected chi connectivity index (χ3v) is 3.45. The molecule has 0 aliphatic heterocycles. The van der Waals surface area contributed by atoms with E-state index < -0.39 is 6.10 Å². The summed E-state index contributed by atoms with van der Waals surface area (Å²) in [4.78, 5) is 0. The van der Waals surface area contributed by atoms with Crippen molar-refractivity contribution in [3.8, 4) is 5.75 Å². The second kappa shape index (κ2) is 6.09. The largest absolute Gasteiger partial charge is 0.496 e. The molecule has 2 nitrogen and oxygen atoms in total. The molecule has 1 atom stereocenters. The van der Waals surface area contributed by atoms with E-state index in [9.17, 15) is 5.11 Å². The van der Waals surface area contributed by atoms with E-state index in [-0.39, 0.29) is 0 Å². The topological polar surface area (TPSA) is 29.5 Å². The molecule has 19 heavy (non-hydrogen) atoms. The molecule has 0 aromatic heterocycles. The summed E-state index contributed by atoms with van der Waals surface area (Å²) in [6.07, 6.45) is -0.156. The predicted octanol–water partition coefficient (Wildman–Crippen LogP) is 3.93. The Morgan fingerprint density at radius 1 is 1.21 bits per heavy atom. The Balaban J connectivity index is 2.23. The van der Waals surface area contributed by atoms with E-state index in [0.717, 1.165) is 22.4 Å². The van der Waals surface area contributed by atoms with E-state index in [0.29, 0.717) is 11.4 Å². The fraction of sp³-hybridized carbons (Fsp3) is 0.250. The number of hydrogen-bond donors (Lipinski definition) is 1. The summed E-state index contributed by atoms with van der Waals surface area (Å²) in [6, 6.07) is 13.4. The SMILES string of the molecule is COc1ccccc1CC(O)c1ccc(C)cc1Cl. The first-order chi connectivity index (χ1) is 9.11. The van der Waals surface area contributed by atoms with Crippen molar-refractivity contribution in [2.24, 2.45) is 0 Å². The number of aliphatic hydroxyl groups is 1. The van der Waals surface area contributed by atoms with E-state index in [1.807, 2.05) is 49.4 Å². The standard InChI is InChI=1S/C16H17ClO2/c1-11-7-8-13(14(17)9-11)15(18)10-12-5-3-4-6-16(12)19-2/h3-9,15,18H,10H2,1-2H3. The van der Waals surface area contributed by atoms with Gasteiger partial charge in [0.05, 0.1) is 13.2 Å². The van der Waals surface area contributed by atoms with Crippen LogP contribution < -0.4 is 4.74 Å². The van der Waals surface area contributed by atoms with Gasteiger partial charge in [0.1, 0.15) is 5.75 Å². The summed E-state index contributed by atoms with van der Waals surface area (Å²) in [6.45, 7) is 1.97. The Hall–Kier alpha value is -1.51. The third-order valence-electron chi connectivity index (χ3n) is 3.12. The third kappa shape index (κ3) is 3.28. The summed E-state index contributed by atoms with van der Waals surface area (Å²) in [5.41, 5.74) is 2.80. The van der Waals surface area contributed by atoms with E-state index in [1.54, 1.807) is 7.11 Å². The quantitative estimate of drug-likeness (QED) is 0.917. The van der Waals surface area contributed by atoms with Crippen molar-refractivity contribution in [2.45, 2.75) is 19.4 Å². The molecular formula is C16H17ClO2. The maximum absolute atomic E-state index is 10.3. The van der Waals surface area contributed by atoms with Gasteiger partial charge in [-0.05, 0) is 35.7 Å². The van der Waals surface area contributed by atoms with Crippen LogP contribution in [0.2, 0.25) is 5.02 Å². The number of aliphatic hydroxyl groups excluding tert-OH is 1. The molecule has 2 rings (SSSR count). The van der Waals surface area contributed by atoms with Crippen LogP contribution in [-0.2, 0) is 6.42 Å². The lowest BCUT2D eigenvalue weighted by molar-refractivity contribution is 0.177. The van der Waals surface area contributed by atoms with Crippen molar-refractivity contribution in [3.63, 3.8) is 0 Å². The van der Waals surface area contributed by atoms with Crippen LogP contribution >= 0.6 is 11.6 Å². The molecule has 2 aromatic carbocycles. The second-order valence-corrected chi connectivity index (χ2v) is 4.96. The maximum Gasteiger partial charge on any atom is 0.122 e. The lowest BCUT2D eigenvalue weighted by Gasteiger charge is -2.15. The molecule has 1 N–H and O–H groups in total. The van der Waals surface area contributed by atoms with Crippen molar-refractivity contribution in [2.75, 3.05) is 7.11 Å². The molecule has 0 spiro atoms. The first kappa shape index (κ1) is 13.9. The average molecular weight is 277 g/mol. The molecule has 0 fully saturated rings. The minimum absolute atomic E-state index is 0.479. The number of para-hydroxylation sites is 1. The monoisotopic (exact) mass is 276 g/mol. The maximum atomic E-state index is 10.3. The van der Waals surface area contributed by atoms with E-state index in [4.69, 9.17) is 16.3 Å². The first-order valence-electron chi connectivity index (χ1n) is 6.18. The Morgan fingerprint density at radius 2 is 1.95 bits per heavy atom. The molecule has 0 aliphatic carbocycles. The van der Waals surface area contributed by atoms with Gasteiger partial charge in [-0.15, -0.1) is 0 Å². The van der Waals surface area contributed by atoms with Gasteiger partial charge >= 0.3 is 0 Å². The van der Waals surface area contributed by atoms with Crippen LogP contribution in [0.15, 0.2) is 42.5 Å². The smallest absolute Gasteiger partial charge is 0.122 e. The minimum atomic E-state index is -0.635. The average Bonchev–Trinajstić information content (AvgIpc) is 2.39. The van der Waals surface area contributed by atoms with Gasteiger partial charge in [0.15, 0.2) is 0 Å². The number of hydrogen-bond acceptors (Lipinski definition) is 2. The summed E-state index contributed by atoms with van der Waals surface area (Å²) in [5.74, 6) is 0.782. The zero-order valence-corrected chi connectivity index (χ0v) is 11.8. The van der Waals surface area contributed by atoms with Gasteiger partial charge < -0.3 is 9.84 Å². The van der Waals surface area contributed by atoms with Gasteiger partial charge in [0.25, 0.3) is 0 Å². The van der Waals surface area contributed by atoms with Gasteiger partial charge in [0.2, 0.25) is 0 Å². The van der Waals surface area contributed by atoms with Crippen molar-refractivity contribution in [3.05, 3.63) is 64.2 Å². The Labute approximate surface area is 118 Å². The summed E-state index contributed by atoms with van der Waals surface area (Å²) in [7, 11) is 1.63. The number of rotatable bonds is 4. The highest BCUT2D eigenvalue weighted by Crippen LogP contribution is 2.29. The molecule has 3 heteroatoms. The van der Waals surface area contributed by atoms with Crippen LogP contribution in [0.3, 0.4) is 0 Å². The van der Waals surface area contributed by atoms with Crippen LogP contribution in [0.1, 0.15) is 22.8 Å². The first-order valence-corrected chi connectivity index (χ1v) is 6.55.